The van der Waals surface area contributed by atoms with E-state index >= 15 is 0 Å². The van der Waals surface area contributed by atoms with Crippen molar-refractivity contribution in [2.45, 2.75) is 71.8 Å². The predicted octanol–water partition coefficient (Wildman–Crippen LogP) is 3.77. The molecule has 2 aromatic heterocycles. The first-order valence-electron chi connectivity index (χ1n) is 14.3. The third kappa shape index (κ3) is 5.05. The summed E-state index contributed by atoms with van der Waals surface area (Å²) >= 11 is 0. The molecule has 1 atom stereocenters. The molecule has 2 aliphatic carbocycles. The normalized spacial score (nSPS) is 26.4. The lowest BCUT2D eigenvalue weighted by Gasteiger charge is -2.35. The summed E-state index contributed by atoms with van der Waals surface area (Å²) in [5.41, 5.74) is 4.82. The van der Waals surface area contributed by atoms with Crippen LogP contribution in [0.5, 0.6) is 5.75 Å². The van der Waals surface area contributed by atoms with Crippen LogP contribution in [0.3, 0.4) is 0 Å². The number of aryl methyl sites for hydroxylation is 3. The molecule has 0 aromatic carbocycles. The lowest BCUT2D eigenvalue weighted by molar-refractivity contribution is -0.140. The van der Waals surface area contributed by atoms with E-state index in [1.54, 1.807) is 10.1 Å². The number of rotatable bonds is 5. The van der Waals surface area contributed by atoms with Crippen molar-refractivity contribution >= 4 is 11.7 Å². The van der Waals surface area contributed by atoms with Gasteiger partial charge in [0.05, 0.1) is 31.1 Å². The molecule has 4 aliphatic rings. The summed E-state index contributed by atoms with van der Waals surface area (Å²) in [5, 5.41) is 4.47. The van der Waals surface area contributed by atoms with E-state index in [9.17, 15) is 4.79 Å². The van der Waals surface area contributed by atoms with E-state index in [1.807, 2.05) is 25.7 Å². The van der Waals surface area contributed by atoms with Crippen LogP contribution >= 0.6 is 0 Å². The molecule has 0 N–H and O–H groups in total. The number of nitrogens with zero attached hydrogens (tertiary/aromatic N) is 6. The third-order valence-electron chi connectivity index (χ3n) is 8.86. The number of carbonyl (C=O) groups is 1. The van der Waals surface area contributed by atoms with Gasteiger partial charge >= 0.3 is 0 Å². The molecule has 0 unspecified atom stereocenters. The standard InChI is InChI=1S/C29H40N6O3/c1-19-27(20(2)35-29(30-19)31-21(3)32-35)38-26-12-13-34(18-26)25-10-8-23(9-11-25)22-4-6-24(7-5-22)28(36)33-14-16-37-17-15-33/h8,10,22,24,26H,4-7,9,11-18H2,1-3H3/t22?,24?,26-/m1/s1. The molecule has 2 aromatic rings. The topological polar surface area (TPSA) is 85.1 Å². The lowest BCUT2D eigenvalue weighted by atomic mass is 9.76. The predicted molar refractivity (Wildman–Crippen MR) is 144 cm³/mol. The zero-order chi connectivity index (χ0) is 26.2. The quantitative estimate of drug-likeness (QED) is 0.593. The molecule has 1 saturated carbocycles. The van der Waals surface area contributed by atoms with Crippen molar-refractivity contribution in [3.63, 3.8) is 0 Å². The maximum Gasteiger partial charge on any atom is 0.253 e. The van der Waals surface area contributed by atoms with Gasteiger partial charge in [0.15, 0.2) is 5.75 Å². The first-order chi connectivity index (χ1) is 18.5. The fourth-order valence-electron chi connectivity index (χ4n) is 6.68. The van der Waals surface area contributed by atoms with Gasteiger partial charge in [-0.3, -0.25) is 4.79 Å². The summed E-state index contributed by atoms with van der Waals surface area (Å²) in [6.07, 6.45) is 12.4. The SMILES string of the molecule is Cc1nc2nc(C)c(O[C@@H]3CCN(C4=CC=C(C5CCC(C(=O)N6CCOCC6)CC5)CC4)C3)c(C)n2n1. The van der Waals surface area contributed by atoms with Crippen molar-refractivity contribution in [2.24, 2.45) is 11.8 Å². The molecule has 1 amide bonds. The number of fused-ring (bicyclic) bond motifs is 1. The van der Waals surface area contributed by atoms with Gasteiger partial charge < -0.3 is 19.3 Å². The Bertz CT molecular complexity index is 1250. The number of aromatic nitrogens is 4. The van der Waals surface area contributed by atoms with Crippen LogP contribution in [0.15, 0.2) is 23.4 Å². The highest BCUT2D eigenvalue weighted by Gasteiger charge is 2.33. The Morgan fingerprint density at radius 3 is 2.50 bits per heavy atom. The van der Waals surface area contributed by atoms with Crippen LogP contribution in [0.2, 0.25) is 0 Å². The van der Waals surface area contributed by atoms with Crippen molar-refractivity contribution in [3.8, 4) is 5.75 Å². The molecule has 2 saturated heterocycles. The van der Waals surface area contributed by atoms with Crippen LogP contribution in [-0.4, -0.2) is 80.8 Å². The Labute approximate surface area is 224 Å². The summed E-state index contributed by atoms with van der Waals surface area (Å²) in [4.78, 5) is 26.4. The van der Waals surface area contributed by atoms with Gasteiger partial charge in [-0.15, -0.1) is 5.10 Å². The zero-order valence-electron chi connectivity index (χ0n) is 23.0. The van der Waals surface area contributed by atoms with Crippen LogP contribution in [0, 0.1) is 32.6 Å². The Kier molecular flexibility index (Phi) is 7.12. The maximum absolute atomic E-state index is 12.9. The van der Waals surface area contributed by atoms with E-state index in [0.717, 1.165) is 94.1 Å². The molecular weight excluding hydrogens is 480 g/mol. The molecule has 9 heteroatoms. The smallest absolute Gasteiger partial charge is 0.253 e. The highest BCUT2D eigenvalue weighted by Crippen LogP contribution is 2.38. The molecule has 0 bridgehead atoms. The Hall–Kier alpha value is -2.94. The van der Waals surface area contributed by atoms with E-state index in [2.05, 4.69) is 32.1 Å². The number of amides is 1. The van der Waals surface area contributed by atoms with Crippen molar-refractivity contribution < 1.29 is 14.3 Å². The van der Waals surface area contributed by atoms with Gasteiger partial charge in [-0.25, -0.2) is 4.98 Å². The lowest BCUT2D eigenvalue weighted by Crippen LogP contribution is -2.44. The van der Waals surface area contributed by atoms with E-state index in [-0.39, 0.29) is 12.0 Å². The van der Waals surface area contributed by atoms with Crippen molar-refractivity contribution in [1.82, 2.24) is 29.4 Å². The molecule has 2 aliphatic heterocycles. The van der Waals surface area contributed by atoms with Crippen LogP contribution in [0.4, 0.5) is 0 Å². The van der Waals surface area contributed by atoms with Crippen molar-refractivity contribution in [1.29, 1.82) is 0 Å². The number of morpholine rings is 1. The Balaban J connectivity index is 1.03. The highest BCUT2D eigenvalue weighted by molar-refractivity contribution is 5.79. The van der Waals surface area contributed by atoms with Gasteiger partial charge in [-0.05, 0) is 71.3 Å². The maximum atomic E-state index is 12.9. The molecule has 9 nitrogen and oxygen atoms in total. The van der Waals surface area contributed by atoms with Crippen LogP contribution < -0.4 is 4.74 Å². The van der Waals surface area contributed by atoms with Gasteiger partial charge in [0.25, 0.3) is 5.78 Å². The van der Waals surface area contributed by atoms with Crippen molar-refractivity contribution in [2.75, 3.05) is 39.4 Å². The second kappa shape index (κ2) is 10.7. The van der Waals surface area contributed by atoms with E-state index in [4.69, 9.17) is 9.47 Å². The van der Waals surface area contributed by atoms with Crippen LogP contribution in [0.1, 0.15) is 62.2 Å². The van der Waals surface area contributed by atoms with Crippen LogP contribution in [0.25, 0.3) is 5.78 Å². The molecule has 3 fully saturated rings. The number of ether oxygens (including phenoxy) is 2. The molecular formula is C29H40N6O3. The van der Waals surface area contributed by atoms with Crippen molar-refractivity contribution in [3.05, 3.63) is 40.6 Å². The summed E-state index contributed by atoms with van der Waals surface area (Å²) in [5.74, 6) is 3.37. The number of carbonyl (C=O) groups excluding carboxylic acids is 1. The van der Waals surface area contributed by atoms with E-state index in [0.29, 0.717) is 30.8 Å². The number of hydrogen-bond donors (Lipinski definition) is 0. The van der Waals surface area contributed by atoms with Gasteiger partial charge in [-0.1, -0.05) is 11.6 Å². The minimum Gasteiger partial charge on any atom is -0.485 e. The van der Waals surface area contributed by atoms with Gasteiger partial charge in [-0.2, -0.15) is 9.50 Å². The van der Waals surface area contributed by atoms with Crippen LogP contribution in [-0.2, 0) is 9.53 Å². The number of allylic oxidation sites excluding steroid dienone is 4. The zero-order valence-corrected chi connectivity index (χ0v) is 23.0. The molecule has 4 heterocycles. The van der Waals surface area contributed by atoms with Gasteiger partial charge in [0.2, 0.25) is 5.91 Å². The summed E-state index contributed by atoms with van der Waals surface area (Å²) in [7, 11) is 0. The summed E-state index contributed by atoms with van der Waals surface area (Å²) in [6.45, 7) is 10.7. The number of hydrogen-bond acceptors (Lipinski definition) is 7. The molecule has 38 heavy (non-hydrogen) atoms. The minimum atomic E-state index is 0.141. The summed E-state index contributed by atoms with van der Waals surface area (Å²) in [6, 6.07) is 0. The Morgan fingerprint density at radius 1 is 0.974 bits per heavy atom. The number of likely N-dealkylation sites (tertiary alicyclic amines) is 1. The molecule has 6 rings (SSSR count). The summed E-state index contributed by atoms with van der Waals surface area (Å²) < 4.78 is 13.7. The average Bonchev–Trinajstić information content (AvgIpc) is 3.57. The first kappa shape index (κ1) is 25.3. The second-order valence-corrected chi connectivity index (χ2v) is 11.3. The highest BCUT2D eigenvalue weighted by atomic mass is 16.5. The fourth-order valence-corrected chi connectivity index (χ4v) is 6.68. The first-order valence-corrected chi connectivity index (χ1v) is 14.3. The monoisotopic (exact) mass is 520 g/mol. The van der Waals surface area contributed by atoms with Gasteiger partial charge in [0.1, 0.15) is 11.9 Å². The van der Waals surface area contributed by atoms with Gasteiger partial charge in [0, 0.05) is 37.7 Å². The second-order valence-electron chi connectivity index (χ2n) is 11.3. The third-order valence-corrected chi connectivity index (χ3v) is 8.86. The van der Waals surface area contributed by atoms with E-state index in [1.165, 1.54) is 5.70 Å². The average molecular weight is 521 g/mol. The molecule has 0 spiro atoms. The van der Waals surface area contributed by atoms with E-state index < -0.39 is 0 Å². The molecule has 0 radical (unpaired) electrons. The molecule has 204 valence electrons. The fraction of sp³-hybridized carbons (Fsp3) is 0.655. The minimum absolute atomic E-state index is 0.141. The largest absolute Gasteiger partial charge is 0.485 e. The Morgan fingerprint density at radius 2 is 1.76 bits per heavy atom.